The fraction of sp³-hybridized carbons (Fsp3) is 0.125. The van der Waals surface area contributed by atoms with Gasteiger partial charge in [-0.1, -0.05) is 28.1 Å². The Labute approximate surface area is 146 Å². The molecule has 0 atom stereocenters. The lowest BCUT2D eigenvalue weighted by atomic mass is 10.1. The van der Waals surface area contributed by atoms with Gasteiger partial charge >= 0.3 is 5.69 Å². The third-order valence-corrected chi connectivity index (χ3v) is 3.61. The molecular weight excluding hydrogens is 378 g/mol. The molecule has 1 amide bonds. The Hall–Kier alpha value is -2.74. The van der Waals surface area contributed by atoms with Gasteiger partial charge in [-0.25, -0.2) is 5.43 Å². The summed E-state index contributed by atoms with van der Waals surface area (Å²) >= 11 is 3.32. The molecule has 0 fully saturated rings. The number of halogens is 1. The van der Waals surface area contributed by atoms with Crippen LogP contribution in [0.15, 0.2) is 52.0 Å². The Morgan fingerprint density at radius 3 is 2.67 bits per heavy atom. The molecule has 2 rings (SSSR count). The summed E-state index contributed by atoms with van der Waals surface area (Å²) in [6.45, 7) is 0. The molecule has 24 heavy (non-hydrogen) atoms. The van der Waals surface area contributed by atoms with Gasteiger partial charge in [-0.15, -0.1) is 0 Å². The fourth-order valence-corrected chi connectivity index (χ4v) is 2.20. The van der Waals surface area contributed by atoms with Crippen molar-refractivity contribution < 1.29 is 14.5 Å². The summed E-state index contributed by atoms with van der Waals surface area (Å²) in [7, 11) is 1.36. The second kappa shape index (κ2) is 8.21. The normalized spacial score (nSPS) is 10.6. The van der Waals surface area contributed by atoms with Gasteiger partial charge in [-0.05, 0) is 29.8 Å². The Morgan fingerprint density at radius 2 is 2.04 bits per heavy atom. The molecule has 0 saturated heterocycles. The summed E-state index contributed by atoms with van der Waals surface area (Å²) < 4.78 is 5.86. The van der Waals surface area contributed by atoms with Crippen molar-refractivity contribution in [3.05, 3.63) is 68.2 Å². The van der Waals surface area contributed by atoms with E-state index in [-0.39, 0.29) is 23.8 Å². The highest BCUT2D eigenvalue weighted by Crippen LogP contribution is 2.26. The molecule has 0 heterocycles. The minimum Gasteiger partial charge on any atom is -0.490 e. The number of hydrogen-bond donors (Lipinski definition) is 1. The molecule has 1 N–H and O–H groups in total. The molecule has 2 aromatic carbocycles. The molecule has 7 nitrogen and oxygen atoms in total. The van der Waals surface area contributed by atoms with Gasteiger partial charge in [0, 0.05) is 16.1 Å². The van der Waals surface area contributed by atoms with Gasteiger partial charge < -0.3 is 4.74 Å². The summed E-state index contributed by atoms with van der Waals surface area (Å²) in [5, 5.41) is 14.8. The lowest BCUT2D eigenvalue weighted by molar-refractivity contribution is -0.385. The van der Waals surface area contributed by atoms with Crippen molar-refractivity contribution in [2.45, 2.75) is 6.42 Å². The van der Waals surface area contributed by atoms with Crippen molar-refractivity contribution in [1.82, 2.24) is 5.43 Å². The van der Waals surface area contributed by atoms with Gasteiger partial charge in [0.1, 0.15) is 0 Å². The first kappa shape index (κ1) is 17.6. The maximum atomic E-state index is 11.8. The first-order valence-corrected chi connectivity index (χ1v) is 7.67. The van der Waals surface area contributed by atoms with E-state index in [1.807, 2.05) is 24.3 Å². The zero-order valence-electron chi connectivity index (χ0n) is 12.7. The van der Waals surface area contributed by atoms with E-state index < -0.39 is 4.92 Å². The van der Waals surface area contributed by atoms with Gasteiger partial charge in [0.25, 0.3) is 0 Å². The van der Waals surface area contributed by atoms with Crippen LogP contribution in [-0.2, 0) is 11.2 Å². The second-order valence-electron chi connectivity index (χ2n) is 4.78. The number of hydrazone groups is 1. The Balaban J connectivity index is 1.98. The van der Waals surface area contributed by atoms with E-state index in [1.165, 1.54) is 25.5 Å². The lowest BCUT2D eigenvalue weighted by Crippen LogP contribution is -2.19. The Kier molecular flexibility index (Phi) is 6.02. The molecular formula is C16H14BrN3O4. The van der Waals surface area contributed by atoms with Crippen LogP contribution in [0, 0.1) is 10.1 Å². The number of rotatable bonds is 6. The number of benzene rings is 2. The number of nitrogens with zero attached hydrogens (tertiary/aromatic N) is 2. The second-order valence-corrected chi connectivity index (χ2v) is 5.70. The average Bonchev–Trinajstić information content (AvgIpc) is 2.56. The predicted molar refractivity (Wildman–Crippen MR) is 93.2 cm³/mol. The van der Waals surface area contributed by atoms with Crippen LogP contribution in [0.3, 0.4) is 0 Å². The smallest absolute Gasteiger partial charge is 0.311 e. The number of methoxy groups -OCH3 is 1. The molecule has 0 aliphatic rings. The maximum absolute atomic E-state index is 11.8. The van der Waals surface area contributed by atoms with E-state index in [2.05, 4.69) is 26.5 Å². The number of hydrogen-bond acceptors (Lipinski definition) is 5. The van der Waals surface area contributed by atoms with Crippen LogP contribution in [0.1, 0.15) is 11.1 Å². The Morgan fingerprint density at radius 1 is 1.33 bits per heavy atom. The summed E-state index contributed by atoms with van der Waals surface area (Å²) in [4.78, 5) is 22.2. The molecule has 124 valence electrons. The van der Waals surface area contributed by atoms with Crippen molar-refractivity contribution in [2.24, 2.45) is 5.10 Å². The van der Waals surface area contributed by atoms with Crippen LogP contribution in [-0.4, -0.2) is 24.2 Å². The molecule has 0 aliphatic heterocycles. The molecule has 2 aromatic rings. The molecule has 0 radical (unpaired) electrons. The molecule has 0 unspecified atom stereocenters. The van der Waals surface area contributed by atoms with Crippen molar-refractivity contribution in [3.63, 3.8) is 0 Å². The Bertz CT molecular complexity index is 775. The van der Waals surface area contributed by atoms with Gasteiger partial charge in [-0.2, -0.15) is 5.10 Å². The van der Waals surface area contributed by atoms with Crippen molar-refractivity contribution in [1.29, 1.82) is 0 Å². The van der Waals surface area contributed by atoms with Crippen LogP contribution in [0.4, 0.5) is 5.69 Å². The van der Waals surface area contributed by atoms with Crippen molar-refractivity contribution >= 4 is 33.7 Å². The first-order chi connectivity index (χ1) is 11.5. The summed E-state index contributed by atoms with van der Waals surface area (Å²) in [5.41, 5.74) is 3.56. The highest BCUT2D eigenvalue weighted by atomic mass is 79.9. The monoisotopic (exact) mass is 391 g/mol. The number of ether oxygens (including phenoxy) is 1. The van der Waals surface area contributed by atoms with Crippen LogP contribution < -0.4 is 10.2 Å². The standard InChI is InChI=1S/C16H14BrN3O4/c1-24-15-7-4-12(8-14(15)20(22)23)10-18-19-16(21)9-11-2-5-13(17)6-3-11/h2-8,10H,9H2,1H3,(H,19,21). The van der Waals surface area contributed by atoms with E-state index in [9.17, 15) is 14.9 Å². The summed E-state index contributed by atoms with van der Waals surface area (Å²) in [5.74, 6) is -0.118. The van der Waals surface area contributed by atoms with E-state index in [0.717, 1.165) is 10.0 Å². The molecule has 0 aromatic heterocycles. The number of amides is 1. The highest BCUT2D eigenvalue weighted by molar-refractivity contribution is 9.10. The third kappa shape index (κ3) is 4.88. The number of carbonyl (C=O) groups is 1. The van der Waals surface area contributed by atoms with Crippen LogP contribution in [0.25, 0.3) is 0 Å². The SMILES string of the molecule is COc1ccc(C=NNC(=O)Cc2ccc(Br)cc2)cc1[N+](=O)[O-]. The molecule has 0 aliphatic carbocycles. The minimum absolute atomic E-state index is 0.163. The van der Waals surface area contributed by atoms with Gasteiger partial charge in [-0.3, -0.25) is 14.9 Å². The number of carbonyl (C=O) groups excluding carboxylic acids is 1. The van der Waals surface area contributed by atoms with Gasteiger partial charge in [0.2, 0.25) is 5.91 Å². The fourth-order valence-electron chi connectivity index (χ4n) is 1.94. The third-order valence-electron chi connectivity index (χ3n) is 3.08. The van der Waals surface area contributed by atoms with E-state index in [0.29, 0.717) is 5.56 Å². The number of nitro benzene ring substituents is 1. The van der Waals surface area contributed by atoms with E-state index >= 15 is 0 Å². The van der Waals surface area contributed by atoms with E-state index in [4.69, 9.17) is 4.74 Å². The molecule has 0 saturated carbocycles. The number of nitro groups is 1. The van der Waals surface area contributed by atoms with Crippen molar-refractivity contribution in [3.8, 4) is 5.75 Å². The van der Waals surface area contributed by atoms with Crippen molar-refractivity contribution in [2.75, 3.05) is 7.11 Å². The highest BCUT2D eigenvalue weighted by Gasteiger charge is 2.14. The summed E-state index contributed by atoms with van der Waals surface area (Å²) in [6.07, 6.45) is 1.53. The quantitative estimate of drug-likeness (QED) is 0.465. The maximum Gasteiger partial charge on any atom is 0.311 e. The van der Waals surface area contributed by atoms with E-state index in [1.54, 1.807) is 6.07 Å². The first-order valence-electron chi connectivity index (χ1n) is 6.88. The molecule has 0 spiro atoms. The molecule has 8 heteroatoms. The van der Waals surface area contributed by atoms with Crippen LogP contribution in [0.2, 0.25) is 0 Å². The van der Waals surface area contributed by atoms with Crippen LogP contribution >= 0.6 is 15.9 Å². The van der Waals surface area contributed by atoms with Gasteiger partial charge in [0.05, 0.1) is 24.7 Å². The molecule has 0 bridgehead atoms. The average molecular weight is 392 g/mol. The largest absolute Gasteiger partial charge is 0.490 e. The topological polar surface area (TPSA) is 93.8 Å². The summed E-state index contributed by atoms with van der Waals surface area (Å²) in [6, 6.07) is 11.8. The minimum atomic E-state index is -0.539. The number of nitrogens with one attached hydrogen (secondary N) is 1. The van der Waals surface area contributed by atoms with Gasteiger partial charge in [0.15, 0.2) is 5.75 Å². The lowest BCUT2D eigenvalue weighted by Gasteiger charge is -2.02. The zero-order valence-corrected chi connectivity index (χ0v) is 14.3. The van der Waals surface area contributed by atoms with Crippen LogP contribution in [0.5, 0.6) is 5.75 Å². The predicted octanol–water partition coefficient (Wildman–Crippen LogP) is 3.06. The zero-order chi connectivity index (χ0) is 17.5.